The molecule has 2 aliphatic rings. The second-order valence-electron chi connectivity index (χ2n) is 9.41. The molecular formula is C26H29N7O. The number of nitrogens with zero attached hydrogens (tertiary/aromatic N) is 5. The Kier molecular flexibility index (Phi) is 5.17. The molecule has 0 amide bonds. The van der Waals surface area contributed by atoms with E-state index in [2.05, 4.69) is 47.9 Å². The van der Waals surface area contributed by atoms with Gasteiger partial charge in [-0.25, -0.2) is 4.98 Å². The van der Waals surface area contributed by atoms with E-state index in [1.54, 1.807) is 0 Å². The Labute approximate surface area is 198 Å². The fourth-order valence-electron chi connectivity index (χ4n) is 5.36. The van der Waals surface area contributed by atoms with E-state index in [1.807, 2.05) is 38.5 Å². The van der Waals surface area contributed by atoms with E-state index in [-0.39, 0.29) is 5.56 Å². The van der Waals surface area contributed by atoms with E-state index < -0.39 is 0 Å². The number of aromatic amines is 2. The van der Waals surface area contributed by atoms with Gasteiger partial charge in [-0.15, -0.1) is 0 Å². The molecule has 1 aliphatic heterocycles. The van der Waals surface area contributed by atoms with Gasteiger partial charge in [-0.05, 0) is 56.0 Å². The molecule has 5 heterocycles. The van der Waals surface area contributed by atoms with Crippen LogP contribution in [0.2, 0.25) is 0 Å². The van der Waals surface area contributed by atoms with E-state index in [0.29, 0.717) is 18.5 Å². The van der Waals surface area contributed by atoms with Gasteiger partial charge in [0.1, 0.15) is 5.82 Å². The van der Waals surface area contributed by atoms with Gasteiger partial charge in [0, 0.05) is 43.5 Å². The van der Waals surface area contributed by atoms with Crippen LogP contribution in [0.5, 0.6) is 0 Å². The van der Waals surface area contributed by atoms with Crippen LogP contribution >= 0.6 is 0 Å². The zero-order valence-electron chi connectivity index (χ0n) is 19.6. The van der Waals surface area contributed by atoms with Gasteiger partial charge >= 0.3 is 0 Å². The Morgan fingerprint density at radius 2 is 1.88 bits per heavy atom. The van der Waals surface area contributed by atoms with Crippen molar-refractivity contribution in [2.45, 2.75) is 51.7 Å². The van der Waals surface area contributed by atoms with Crippen LogP contribution in [0.1, 0.15) is 36.7 Å². The minimum atomic E-state index is -0.0103. The molecule has 4 aromatic heterocycles. The lowest BCUT2D eigenvalue weighted by Crippen LogP contribution is -2.64. The average molecular weight is 456 g/mol. The SMILES string of the molecule is CCc1cc2ncc(CN3CCN(c4ccc(-c5cnc(C)[nH]5)nc4)[C@@H]4CC[C@@H]43)cc2[nH]c1=O. The Bertz CT molecular complexity index is 1390. The highest BCUT2D eigenvalue weighted by molar-refractivity contribution is 5.74. The molecule has 34 heavy (non-hydrogen) atoms. The van der Waals surface area contributed by atoms with E-state index in [9.17, 15) is 4.79 Å². The van der Waals surface area contributed by atoms with Gasteiger partial charge in [0.2, 0.25) is 0 Å². The quantitative estimate of drug-likeness (QED) is 0.479. The number of hydrogen-bond donors (Lipinski definition) is 2. The monoisotopic (exact) mass is 455 g/mol. The first kappa shape index (κ1) is 21.0. The van der Waals surface area contributed by atoms with Crippen LogP contribution < -0.4 is 10.5 Å². The lowest BCUT2D eigenvalue weighted by atomic mass is 9.81. The largest absolute Gasteiger partial charge is 0.364 e. The Morgan fingerprint density at radius 3 is 2.59 bits per heavy atom. The Hall–Kier alpha value is -3.52. The van der Waals surface area contributed by atoms with Crippen molar-refractivity contribution < 1.29 is 0 Å². The summed E-state index contributed by atoms with van der Waals surface area (Å²) < 4.78 is 0. The third kappa shape index (κ3) is 3.68. The normalized spacial score (nSPS) is 20.4. The highest BCUT2D eigenvalue weighted by atomic mass is 16.1. The maximum absolute atomic E-state index is 12.2. The molecule has 0 unspecified atom stereocenters. The number of nitrogens with one attached hydrogen (secondary N) is 2. The van der Waals surface area contributed by atoms with Crippen LogP contribution in [0.4, 0.5) is 5.69 Å². The van der Waals surface area contributed by atoms with Gasteiger partial charge in [-0.2, -0.15) is 0 Å². The van der Waals surface area contributed by atoms with Crippen LogP contribution in [0, 0.1) is 6.92 Å². The molecule has 1 aliphatic carbocycles. The third-order valence-corrected chi connectivity index (χ3v) is 7.35. The first-order valence-corrected chi connectivity index (χ1v) is 12.1. The number of imidazole rings is 1. The summed E-state index contributed by atoms with van der Waals surface area (Å²) in [5, 5.41) is 0. The summed E-state index contributed by atoms with van der Waals surface area (Å²) in [5.74, 6) is 0.896. The summed E-state index contributed by atoms with van der Waals surface area (Å²) in [4.78, 5) is 37.2. The van der Waals surface area contributed by atoms with Gasteiger partial charge < -0.3 is 14.9 Å². The summed E-state index contributed by atoms with van der Waals surface area (Å²) >= 11 is 0. The number of aryl methyl sites for hydroxylation is 2. The summed E-state index contributed by atoms with van der Waals surface area (Å²) in [6, 6.07) is 9.29. The smallest absolute Gasteiger partial charge is 0.251 e. The fraction of sp³-hybridized carbons (Fsp3) is 0.385. The van der Waals surface area contributed by atoms with Crippen LogP contribution in [0.25, 0.3) is 22.4 Å². The molecule has 1 saturated carbocycles. The van der Waals surface area contributed by atoms with Gasteiger partial charge in [-0.1, -0.05) is 6.92 Å². The number of anilines is 1. The lowest BCUT2D eigenvalue weighted by Gasteiger charge is -2.54. The summed E-state index contributed by atoms with van der Waals surface area (Å²) in [7, 11) is 0. The summed E-state index contributed by atoms with van der Waals surface area (Å²) in [6.07, 6.45) is 8.90. The van der Waals surface area contributed by atoms with E-state index in [1.165, 1.54) is 18.5 Å². The average Bonchev–Trinajstić information content (AvgIpc) is 3.26. The van der Waals surface area contributed by atoms with Gasteiger partial charge in [0.15, 0.2) is 0 Å². The predicted molar refractivity (Wildman–Crippen MR) is 133 cm³/mol. The summed E-state index contributed by atoms with van der Waals surface area (Å²) in [5.41, 5.74) is 6.65. The van der Waals surface area contributed by atoms with Crippen LogP contribution in [0.15, 0.2) is 47.7 Å². The number of pyridine rings is 3. The molecule has 1 saturated heterocycles. The maximum Gasteiger partial charge on any atom is 0.251 e. The van der Waals surface area contributed by atoms with Crippen molar-refractivity contribution in [2.75, 3.05) is 18.0 Å². The minimum absolute atomic E-state index is 0.0103. The minimum Gasteiger partial charge on any atom is -0.364 e. The molecule has 0 spiro atoms. The molecular weight excluding hydrogens is 426 g/mol. The second kappa shape index (κ2) is 8.36. The number of H-pyrrole nitrogens is 2. The fourth-order valence-corrected chi connectivity index (χ4v) is 5.36. The van der Waals surface area contributed by atoms with Crippen molar-refractivity contribution in [2.24, 2.45) is 0 Å². The van der Waals surface area contributed by atoms with Crippen LogP contribution in [-0.4, -0.2) is 55.0 Å². The van der Waals surface area contributed by atoms with Gasteiger partial charge in [0.05, 0.1) is 40.5 Å². The second-order valence-corrected chi connectivity index (χ2v) is 9.41. The van der Waals surface area contributed by atoms with Crippen LogP contribution in [0.3, 0.4) is 0 Å². The van der Waals surface area contributed by atoms with Crippen molar-refractivity contribution in [1.29, 1.82) is 0 Å². The molecule has 8 nitrogen and oxygen atoms in total. The van der Waals surface area contributed by atoms with Gasteiger partial charge in [0.25, 0.3) is 5.56 Å². The molecule has 2 atom stereocenters. The molecule has 0 radical (unpaired) electrons. The number of hydrogen-bond acceptors (Lipinski definition) is 6. The van der Waals surface area contributed by atoms with Crippen molar-refractivity contribution in [3.05, 3.63) is 70.2 Å². The number of fused-ring (bicyclic) bond motifs is 2. The van der Waals surface area contributed by atoms with Gasteiger partial charge in [-0.3, -0.25) is 19.7 Å². The molecule has 4 aromatic rings. The zero-order valence-corrected chi connectivity index (χ0v) is 19.6. The summed E-state index contributed by atoms with van der Waals surface area (Å²) in [6.45, 7) is 6.76. The number of aromatic nitrogens is 5. The van der Waals surface area contributed by atoms with Crippen molar-refractivity contribution >= 4 is 16.7 Å². The lowest BCUT2D eigenvalue weighted by molar-refractivity contribution is 0.0659. The molecule has 0 aromatic carbocycles. The van der Waals surface area contributed by atoms with E-state index in [4.69, 9.17) is 4.98 Å². The molecule has 6 rings (SSSR count). The standard InChI is InChI=1S/C26H29N7O/c1-3-18-11-21-22(31-26(18)34)10-17(12-28-21)15-32-8-9-33(25-7-6-24(25)32)19-4-5-20(29-13-19)23-14-27-16(2)30-23/h4-5,10-14,24-25H,3,6-9,15H2,1-2H3,(H,27,30)(H,31,34)/t24-,25+/m0/s1. The Balaban J connectivity index is 1.17. The van der Waals surface area contributed by atoms with Crippen LogP contribution in [-0.2, 0) is 13.0 Å². The van der Waals surface area contributed by atoms with E-state index in [0.717, 1.165) is 59.0 Å². The first-order valence-electron chi connectivity index (χ1n) is 12.1. The van der Waals surface area contributed by atoms with Crippen molar-refractivity contribution in [1.82, 2.24) is 29.8 Å². The molecule has 2 N–H and O–H groups in total. The molecule has 174 valence electrons. The predicted octanol–water partition coefficient (Wildman–Crippen LogP) is 3.43. The Morgan fingerprint density at radius 1 is 1.00 bits per heavy atom. The zero-order chi connectivity index (χ0) is 23.2. The van der Waals surface area contributed by atoms with Crippen molar-refractivity contribution in [3.63, 3.8) is 0 Å². The molecule has 2 fully saturated rings. The van der Waals surface area contributed by atoms with Crippen molar-refractivity contribution in [3.8, 4) is 11.4 Å². The highest BCUT2D eigenvalue weighted by Crippen LogP contribution is 2.37. The maximum atomic E-state index is 12.2. The third-order valence-electron chi connectivity index (χ3n) is 7.35. The number of rotatable bonds is 5. The topological polar surface area (TPSA) is 93.8 Å². The number of piperazine rings is 1. The molecule has 0 bridgehead atoms. The molecule has 8 heteroatoms. The van der Waals surface area contributed by atoms with E-state index >= 15 is 0 Å². The first-order chi connectivity index (χ1) is 16.6. The highest BCUT2D eigenvalue weighted by Gasteiger charge is 2.42.